The number of phenols is 1. The summed E-state index contributed by atoms with van der Waals surface area (Å²) in [5, 5.41) is 19.3. The van der Waals surface area contributed by atoms with Crippen LogP contribution in [-0.4, -0.2) is 33.9 Å². The quantitative estimate of drug-likeness (QED) is 0.750. The molecule has 1 amide bonds. The molecule has 1 atom stereocenters. The van der Waals surface area contributed by atoms with Gasteiger partial charge in [0.25, 0.3) is 0 Å². The molecule has 0 saturated heterocycles. The molecule has 1 heterocycles. The van der Waals surface area contributed by atoms with E-state index in [9.17, 15) is 9.90 Å². The predicted molar refractivity (Wildman–Crippen MR) is 81.2 cm³/mol. The van der Waals surface area contributed by atoms with Gasteiger partial charge in [-0.2, -0.15) is 5.10 Å². The third kappa shape index (κ3) is 4.52. The molecule has 0 aliphatic carbocycles. The molecule has 0 saturated carbocycles. The van der Waals surface area contributed by atoms with Gasteiger partial charge >= 0.3 is 0 Å². The first-order valence-electron chi connectivity index (χ1n) is 6.84. The van der Waals surface area contributed by atoms with Gasteiger partial charge in [-0.3, -0.25) is 9.48 Å². The predicted octanol–water partition coefficient (Wildman–Crippen LogP) is 1.38. The van der Waals surface area contributed by atoms with Crippen molar-refractivity contribution in [3.8, 4) is 5.75 Å². The van der Waals surface area contributed by atoms with Crippen molar-refractivity contribution in [3.63, 3.8) is 0 Å². The van der Waals surface area contributed by atoms with E-state index in [0.717, 1.165) is 17.7 Å². The van der Waals surface area contributed by atoms with Crippen molar-refractivity contribution >= 4 is 11.6 Å². The molecule has 1 aromatic heterocycles. The van der Waals surface area contributed by atoms with E-state index in [4.69, 9.17) is 0 Å². The van der Waals surface area contributed by atoms with Crippen molar-refractivity contribution in [2.75, 3.05) is 12.4 Å². The lowest BCUT2D eigenvalue weighted by Crippen LogP contribution is -2.23. The van der Waals surface area contributed by atoms with Crippen LogP contribution in [0.5, 0.6) is 5.75 Å². The van der Waals surface area contributed by atoms with Crippen LogP contribution in [0.25, 0.3) is 0 Å². The highest BCUT2D eigenvalue weighted by molar-refractivity contribution is 5.75. The zero-order valence-electron chi connectivity index (χ0n) is 12.2. The summed E-state index contributed by atoms with van der Waals surface area (Å²) in [6, 6.07) is 7.39. The minimum absolute atomic E-state index is 0.0817. The zero-order valence-corrected chi connectivity index (χ0v) is 12.2. The first-order chi connectivity index (χ1) is 10.1. The van der Waals surface area contributed by atoms with E-state index in [1.165, 1.54) is 0 Å². The van der Waals surface area contributed by atoms with Gasteiger partial charge in [-0.15, -0.1) is 0 Å². The summed E-state index contributed by atoms with van der Waals surface area (Å²) in [5.74, 6) is 0.191. The molecule has 0 aliphatic heterocycles. The van der Waals surface area contributed by atoms with Crippen LogP contribution in [0, 0.1) is 0 Å². The van der Waals surface area contributed by atoms with Crippen LogP contribution >= 0.6 is 0 Å². The van der Waals surface area contributed by atoms with Gasteiger partial charge in [0, 0.05) is 19.3 Å². The van der Waals surface area contributed by atoms with Crippen molar-refractivity contribution in [1.82, 2.24) is 15.1 Å². The molecule has 1 aromatic carbocycles. The number of carbonyl (C=O) groups is 1. The van der Waals surface area contributed by atoms with E-state index in [1.807, 2.05) is 18.3 Å². The summed E-state index contributed by atoms with van der Waals surface area (Å²) in [4.78, 5) is 11.3. The molecule has 6 nitrogen and oxygen atoms in total. The fraction of sp³-hybridized carbons (Fsp3) is 0.333. The number of benzene rings is 1. The lowest BCUT2D eigenvalue weighted by Gasteiger charge is -2.13. The lowest BCUT2D eigenvalue weighted by atomic mass is 10.1. The van der Waals surface area contributed by atoms with Crippen LogP contribution in [0.15, 0.2) is 36.7 Å². The second kappa shape index (κ2) is 6.78. The molecule has 1 unspecified atom stereocenters. The highest BCUT2D eigenvalue weighted by Crippen LogP contribution is 2.13. The standard InChI is InChI=1S/C15H20N4O2/c1-11(7-12-3-5-14(20)6-4-12)18-13-8-17-19(9-13)10-15(21)16-2/h3-6,8-9,11,18,20H,7,10H2,1-2H3,(H,16,21). The second-order valence-corrected chi connectivity index (χ2v) is 5.02. The minimum atomic E-state index is -0.0817. The number of phenolic OH excluding ortho intramolecular Hbond substituents is 1. The van der Waals surface area contributed by atoms with Crippen LogP contribution in [0.2, 0.25) is 0 Å². The third-order valence-electron chi connectivity index (χ3n) is 3.11. The van der Waals surface area contributed by atoms with Gasteiger partial charge in [0.2, 0.25) is 5.91 Å². The first-order valence-corrected chi connectivity index (χ1v) is 6.84. The molecule has 21 heavy (non-hydrogen) atoms. The van der Waals surface area contributed by atoms with Gasteiger partial charge in [-0.05, 0) is 31.0 Å². The Kier molecular flexibility index (Phi) is 4.81. The van der Waals surface area contributed by atoms with E-state index >= 15 is 0 Å². The number of rotatable bonds is 6. The minimum Gasteiger partial charge on any atom is -0.508 e. The van der Waals surface area contributed by atoms with E-state index in [0.29, 0.717) is 0 Å². The number of nitrogens with one attached hydrogen (secondary N) is 2. The van der Waals surface area contributed by atoms with Gasteiger partial charge < -0.3 is 15.7 Å². The molecule has 0 fully saturated rings. The maximum absolute atomic E-state index is 11.3. The molecule has 6 heteroatoms. The van der Waals surface area contributed by atoms with Crippen molar-refractivity contribution in [3.05, 3.63) is 42.2 Å². The van der Waals surface area contributed by atoms with E-state index in [1.54, 1.807) is 30.1 Å². The second-order valence-electron chi connectivity index (χ2n) is 5.02. The Morgan fingerprint density at radius 2 is 2.10 bits per heavy atom. The molecule has 0 radical (unpaired) electrons. The molecular weight excluding hydrogens is 268 g/mol. The number of carbonyl (C=O) groups excluding carboxylic acids is 1. The molecule has 0 aliphatic rings. The highest BCUT2D eigenvalue weighted by Gasteiger charge is 2.07. The van der Waals surface area contributed by atoms with Crippen LogP contribution in [0.4, 0.5) is 5.69 Å². The number of amides is 1. The third-order valence-corrected chi connectivity index (χ3v) is 3.11. The van der Waals surface area contributed by atoms with Crippen LogP contribution < -0.4 is 10.6 Å². The Bertz CT molecular complexity index is 592. The molecule has 3 N–H and O–H groups in total. The smallest absolute Gasteiger partial charge is 0.241 e. The fourth-order valence-corrected chi connectivity index (χ4v) is 2.07. The Labute approximate surface area is 123 Å². The molecular formula is C15H20N4O2. The molecule has 2 aromatic rings. The zero-order chi connectivity index (χ0) is 15.2. The topological polar surface area (TPSA) is 79.2 Å². The van der Waals surface area contributed by atoms with Crippen molar-refractivity contribution in [2.45, 2.75) is 25.9 Å². The highest BCUT2D eigenvalue weighted by atomic mass is 16.3. The molecule has 2 rings (SSSR count). The van der Waals surface area contributed by atoms with Crippen LogP contribution in [0.1, 0.15) is 12.5 Å². The Morgan fingerprint density at radius 1 is 1.38 bits per heavy atom. The fourth-order valence-electron chi connectivity index (χ4n) is 2.07. The lowest BCUT2D eigenvalue weighted by molar-refractivity contribution is -0.121. The normalized spacial score (nSPS) is 11.9. The average Bonchev–Trinajstić information content (AvgIpc) is 2.88. The maximum atomic E-state index is 11.3. The van der Waals surface area contributed by atoms with Crippen molar-refractivity contribution < 1.29 is 9.90 Å². The SMILES string of the molecule is CNC(=O)Cn1cc(NC(C)Cc2ccc(O)cc2)cn1. The number of aromatic hydroxyl groups is 1. The summed E-state index contributed by atoms with van der Waals surface area (Å²) < 4.78 is 1.59. The monoisotopic (exact) mass is 288 g/mol. The molecule has 0 spiro atoms. The van der Waals surface area contributed by atoms with Crippen molar-refractivity contribution in [1.29, 1.82) is 0 Å². The van der Waals surface area contributed by atoms with E-state index in [2.05, 4.69) is 22.7 Å². The van der Waals surface area contributed by atoms with Crippen LogP contribution in [-0.2, 0) is 17.8 Å². The molecule has 0 bridgehead atoms. The van der Waals surface area contributed by atoms with Gasteiger partial charge in [-0.25, -0.2) is 0 Å². The Morgan fingerprint density at radius 3 is 2.76 bits per heavy atom. The first kappa shape index (κ1) is 14.9. The number of aromatic nitrogens is 2. The summed E-state index contributed by atoms with van der Waals surface area (Å²) in [6.45, 7) is 2.29. The van der Waals surface area contributed by atoms with Gasteiger partial charge in [0.05, 0.1) is 11.9 Å². The van der Waals surface area contributed by atoms with Crippen molar-refractivity contribution in [2.24, 2.45) is 0 Å². The van der Waals surface area contributed by atoms with E-state index in [-0.39, 0.29) is 24.2 Å². The Balaban J connectivity index is 1.89. The Hall–Kier alpha value is -2.50. The van der Waals surface area contributed by atoms with Gasteiger partial charge in [0.15, 0.2) is 0 Å². The van der Waals surface area contributed by atoms with Crippen LogP contribution in [0.3, 0.4) is 0 Å². The average molecular weight is 288 g/mol. The van der Waals surface area contributed by atoms with Gasteiger partial charge in [0.1, 0.15) is 12.3 Å². The number of nitrogens with zero attached hydrogens (tertiary/aromatic N) is 2. The number of hydrogen-bond acceptors (Lipinski definition) is 4. The summed E-state index contributed by atoms with van der Waals surface area (Å²) in [7, 11) is 1.60. The summed E-state index contributed by atoms with van der Waals surface area (Å²) in [6.07, 6.45) is 4.35. The van der Waals surface area contributed by atoms with E-state index < -0.39 is 0 Å². The molecule has 112 valence electrons. The summed E-state index contributed by atoms with van der Waals surface area (Å²) in [5.41, 5.74) is 2.02. The number of likely N-dealkylation sites (N-methyl/N-ethyl adjacent to an activating group) is 1. The van der Waals surface area contributed by atoms with Gasteiger partial charge in [-0.1, -0.05) is 12.1 Å². The largest absolute Gasteiger partial charge is 0.508 e. The summed E-state index contributed by atoms with van der Waals surface area (Å²) >= 11 is 0. The number of anilines is 1. The number of hydrogen-bond donors (Lipinski definition) is 3. The maximum Gasteiger partial charge on any atom is 0.241 e.